The van der Waals surface area contributed by atoms with Crippen LogP contribution in [0.5, 0.6) is 5.75 Å². The van der Waals surface area contributed by atoms with E-state index < -0.39 is 10.0 Å². The van der Waals surface area contributed by atoms with E-state index in [2.05, 4.69) is 5.32 Å². The molecule has 1 aliphatic carbocycles. The van der Waals surface area contributed by atoms with Gasteiger partial charge in [-0.05, 0) is 55.3 Å². The molecule has 0 saturated heterocycles. The maximum Gasteiger partial charge on any atom is 0.264 e. The highest BCUT2D eigenvalue weighted by Gasteiger charge is 2.26. The number of nitrogens with zero attached hydrogens (tertiary/aromatic N) is 1. The van der Waals surface area contributed by atoms with E-state index in [-0.39, 0.29) is 21.9 Å². The van der Waals surface area contributed by atoms with Crippen molar-refractivity contribution in [1.29, 1.82) is 0 Å². The maximum atomic E-state index is 12.8. The zero-order valence-electron chi connectivity index (χ0n) is 14.4. The summed E-state index contributed by atoms with van der Waals surface area (Å²) in [6.45, 7) is 0. The summed E-state index contributed by atoms with van der Waals surface area (Å²) in [5.74, 6) is 0.324. The lowest BCUT2D eigenvalue weighted by Gasteiger charge is -2.20. The van der Waals surface area contributed by atoms with E-state index in [1.165, 1.54) is 38.4 Å². The van der Waals surface area contributed by atoms with Crippen LogP contribution in [0.15, 0.2) is 47.4 Å². The van der Waals surface area contributed by atoms with E-state index in [4.69, 9.17) is 16.3 Å². The lowest BCUT2D eigenvalue weighted by atomic mass is 10.2. The van der Waals surface area contributed by atoms with Gasteiger partial charge in [0.05, 0.1) is 28.3 Å². The molecule has 8 heteroatoms. The predicted molar refractivity (Wildman–Crippen MR) is 101 cm³/mol. The number of benzene rings is 2. The number of halogens is 1. The van der Waals surface area contributed by atoms with Gasteiger partial charge in [-0.1, -0.05) is 11.6 Å². The Morgan fingerprint density at radius 1 is 1.19 bits per heavy atom. The summed E-state index contributed by atoms with van der Waals surface area (Å²) >= 11 is 6.21. The van der Waals surface area contributed by atoms with Crippen molar-refractivity contribution in [1.82, 2.24) is 5.32 Å². The quantitative estimate of drug-likeness (QED) is 0.816. The summed E-state index contributed by atoms with van der Waals surface area (Å²) in [6, 6.07) is 10.9. The number of rotatable bonds is 6. The first kappa shape index (κ1) is 18.5. The third kappa shape index (κ3) is 3.78. The highest BCUT2D eigenvalue weighted by atomic mass is 35.5. The molecular weight excluding hydrogens is 376 g/mol. The molecule has 0 aromatic heterocycles. The number of carbonyl (C=O) groups is 1. The Kier molecular flexibility index (Phi) is 5.11. The van der Waals surface area contributed by atoms with E-state index in [0.717, 1.165) is 17.1 Å². The average Bonchev–Trinajstić information content (AvgIpc) is 3.44. The largest absolute Gasteiger partial charge is 0.497 e. The maximum absolute atomic E-state index is 12.8. The van der Waals surface area contributed by atoms with Crippen LogP contribution < -0.4 is 14.4 Å². The van der Waals surface area contributed by atoms with Crippen LogP contribution in [-0.2, 0) is 10.0 Å². The van der Waals surface area contributed by atoms with E-state index in [1.54, 1.807) is 18.2 Å². The Morgan fingerprint density at radius 3 is 2.38 bits per heavy atom. The van der Waals surface area contributed by atoms with E-state index >= 15 is 0 Å². The lowest BCUT2D eigenvalue weighted by molar-refractivity contribution is 0.0951. The number of ether oxygens (including phenoxy) is 1. The first-order valence-corrected chi connectivity index (χ1v) is 9.88. The second-order valence-corrected chi connectivity index (χ2v) is 8.44. The molecule has 0 radical (unpaired) electrons. The van der Waals surface area contributed by atoms with Gasteiger partial charge in [0.2, 0.25) is 0 Å². The van der Waals surface area contributed by atoms with Crippen molar-refractivity contribution < 1.29 is 17.9 Å². The molecule has 1 fully saturated rings. The number of sulfonamides is 1. The van der Waals surface area contributed by atoms with Crippen LogP contribution in [0, 0.1) is 0 Å². The van der Waals surface area contributed by atoms with Gasteiger partial charge >= 0.3 is 0 Å². The van der Waals surface area contributed by atoms with Crippen LogP contribution in [0.4, 0.5) is 5.69 Å². The molecule has 1 N–H and O–H groups in total. The Balaban J connectivity index is 1.84. The fraction of sp³-hybridized carbons (Fsp3) is 0.278. The minimum Gasteiger partial charge on any atom is -0.497 e. The summed E-state index contributed by atoms with van der Waals surface area (Å²) in [7, 11) is -0.805. The third-order valence-electron chi connectivity index (χ3n) is 4.19. The fourth-order valence-electron chi connectivity index (χ4n) is 2.42. The lowest BCUT2D eigenvalue weighted by Crippen LogP contribution is -2.27. The summed E-state index contributed by atoms with van der Waals surface area (Å²) < 4.78 is 31.7. The van der Waals surface area contributed by atoms with Crippen LogP contribution >= 0.6 is 11.6 Å². The zero-order valence-corrected chi connectivity index (χ0v) is 16.0. The van der Waals surface area contributed by atoms with Gasteiger partial charge in [-0.15, -0.1) is 0 Å². The molecule has 138 valence electrons. The monoisotopic (exact) mass is 394 g/mol. The predicted octanol–water partition coefficient (Wildman–Crippen LogP) is 3.07. The van der Waals surface area contributed by atoms with E-state index in [0.29, 0.717) is 17.0 Å². The van der Waals surface area contributed by atoms with E-state index in [9.17, 15) is 13.2 Å². The van der Waals surface area contributed by atoms with Crippen LogP contribution in [0.2, 0.25) is 5.02 Å². The molecule has 6 nitrogen and oxygen atoms in total. The molecule has 3 rings (SSSR count). The first-order valence-electron chi connectivity index (χ1n) is 8.06. The van der Waals surface area contributed by atoms with Crippen molar-refractivity contribution in [3.63, 3.8) is 0 Å². The fourth-order valence-corrected chi connectivity index (χ4v) is 3.87. The summed E-state index contributed by atoms with van der Waals surface area (Å²) in [6.07, 6.45) is 1.95. The molecule has 2 aromatic carbocycles. The SMILES string of the molecule is COc1ccc(S(=O)(=O)N(C)c2ccc(C(=O)NC3CC3)c(Cl)c2)cc1. The highest BCUT2D eigenvalue weighted by Crippen LogP contribution is 2.28. The van der Waals surface area contributed by atoms with Gasteiger partial charge in [-0.2, -0.15) is 0 Å². The molecule has 0 aliphatic heterocycles. The number of carbonyl (C=O) groups excluding carboxylic acids is 1. The number of methoxy groups -OCH3 is 1. The second kappa shape index (κ2) is 7.17. The highest BCUT2D eigenvalue weighted by molar-refractivity contribution is 7.92. The Morgan fingerprint density at radius 2 is 1.85 bits per heavy atom. The minimum atomic E-state index is -3.76. The number of amides is 1. The van der Waals surface area contributed by atoms with Crippen molar-refractivity contribution in [2.75, 3.05) is 18.5 Å². The summed E-state index contributed by atoms with van der Waals surface area (Å²) in [5.41, 5.74) is 0.700. The van der Waals surface area contributed by atoms with Crippen LogP contribution in [0.1, 0.15) is 23.2 Å². The van der Waals surface area contributed by atoms with Crippen molar-refractivity contribution in [2.45, 2.75) is 23.8 Å². The van der Waals surface area contributed by atoms with Crippen molar-refractivity contribution >= 4 is 33.2 Å². The van der Waals surface area contributed by atoms with Gasteiger partial charge in [0, 0.05) is 13.1 Å². The second-order valence-electron chi connectivity index (χ2n) is 6.06. The third-order valence-corrected chi connectivity index (χ3v) is 6.30. The Labute approximate surface area is 157 Å². The molecule has 0 bridgehead atoms. The molecule has 0 heterocycles. The number of anilines is 1. The topological polar surface area (TPSA) is 75.7 Å². The van der Waals surface area contributed by atoms with Gasteiger partial charge in [-0.3, -0.25) is 9.10 Å². The Bertz CT molecular complexity index is 925. The molecule has 0 unspecified atom stereocenters. The Hall–Kier alpha value is -2.25. The van der Waals surface area contributed by atoms with Gasteiger partial charge < -0.3 is 10.1 Å². The molecule has 1 amide bonds. The molecule has 1 saturated carbocycles. The number of hydrogen-bond acceptors (Lipinski definition) is 4. The smallest absolute Gasteiger partial charge is 0.264 e. The zero-order chi connectivity index (χ0) is 18.9. The van der Waals surface area contributed by atoms with Crippen LogP contribution in [0.25, 0.3) is 0 Å². The molecular formula is C18H19ClN2O4S. The van der Waals surface area contributed by atoms with Crippen LogP contribution in [-0.4, -0.2) is 34.5 Å². The van der Waals surface area contributed by atoms with Gasteiger partial charge in [0.25, 0.3) is 15.9 Å². The molecule has 1 aliphatic rings. The molecule has 2 aromatic rings. The number of hydrogen-bond donors (Lipinski definition) is 1. The van der Waals surface area contributed by atoms with Crippen LogP contribution in [0.3, 0.4) is 0 Å². The number of nitrogens with one attached hydrogen (secondary N) is 1. The standard InChI is InChI=1S/C18H19ClN2O4S/c1-21(26(23,24)15-8-6-14(25-2)7-9-15)13-5-10-16(17(19)11-13)18(22)20-12-3-4-12/h5-12H,3-4H2,1-2H3,(H,20,22). The normalized spacial score (nSPS) is 14.0. The summed E-state index contributed by atoms with van der Waals surface area (Å²) in [4.78, 5) is 12.3. The van der Waals surface area contributed by atoms with Gasteiger partial charge in [0.15, 0.2) is 0 Å². The first-order chi connectivity index (χ1) is 12.3. The molecule has 26 heavy (non-hydrogen) atoms. The molecule has 0 spiro atoms. The van der Waals surface area contributed by atoms with Gasteiger partial charge in [0.1, 0.15) is 5.75 Å². The average molecular weight is 395 g/mol. The summed E-state index contributed by atoms with van der Waals surface area (Å²) in [5, 5.41) is 3.07. The van der Waals surface area contributed by atoms with Crippen molar-refractivity contribution in [3.05, 3.63) is 53.1 Å². The van der Waals surface area contributed by atoms with Crippen molar-refractivity contribution in [2.24, 2.45) is 0 Å². The van der Waals surface area contributed by atoms with Crippen molar-refractivity contribution in [3.8, 4) is 5.75 Å². The molecule has 0 atom stereocenters. The van der Waals surface area contributed by atoms with Gasteiger partial charge in [-0.25, -0.2) is 8.42 Å². The minimum absolute atomic E-state index is 0.132. The van der Waals surface area contributed by atoms with E-state index in [1.807, 2.05) is 0 Å².